The van der Waals surface area contributed by atoms with Gasteiger partial charge in [0.05, 0.1) is 9.85 Å². The first-order valence-electron chi connectivity index (χ1n) is 4.15. The quantitative estimate of drug-likeness (QED) is 0.322. The molecule has 17 heavy (non-hydrogen) atoms. The fraction of sp³-hybridized carbons (Fsp3) is 0. The third-order valence-corrected chi connectivity index (χ3v) is 2.15. The van der Waals surface area contributed by atoms with Gasteiger partial charge in [0.2, 0.25) is 0 Å². The number of benzene rings is 1. The van der Waals surface area contributed by atoms with Gasteiger partial charge in [-0.25, -0.2) is 9.59 Å². The fourth-order valence-corrected chi connectivity index (χ4v) is 1.48. The molecule has 0 saturated carbocycles. The molecule has 0 fully saturated rings. The van der Waals surface area contributed by atoms with E-state index in [4.69, 9.17) is 0 Å². The molecule has 0 saturated heterocycles. The Morgan fingerprint density at radius 2 is 1.24 bits per heavy atom. The molecule has 1 aromatic carbocycles. The van der Waals surface area contributed by atoms with Crippen LogP contribution in [-0.2, 0) is 4.74 Å². The van der Waals surface area contributed by atoms with Crippen LogP contribution in [0.25, 0.3) is 0 Å². The van der Waals surface area contributed by atoms with Crippen molar-refractivity contribution in [3.63, 3.8) is 0 Å². The summed E-state index contributed by atoms with van der Waals surface area (Å²) < 4.78 is 4.13. The minimum absolute atomic E-state index is 0.672. The van der Waals surface area contributed by atoms with Crippen molar-refractivity contribution in [2.45, 2.75) is 0 Å². The lowest BCUT2D eigenvalue weighted by molar-refractivity contribution is -0.389. The van der Waals surface area contributed by atoms with Crippen molar-refractivity contribution >= 4 is 23.3 Å². The standard InChI is InChI=1S/C8H2N2O7/c11-7-5-3(9(13)14)1-2-4(10(15)16)6(5)8(12)17-7/h1-2H. The average molecular weight is 238 g/mol. The van der Waals surface area contributed by atoms with E-state index < -0.39 is 44.3 Å². The molecule has 2 rings (SSSR count). The lowest BCUT2D eigenvalue weighted by atomic mass is 10.1. The largest absolute Gasteiger partial charge is 0.385 e. The molecule has 1 heterocycles. The smallest absolute Gasteiger partial charge is 0.354 e. The number of hydrogen-bond donors (Lipinski definition) is 0. The highest BCUT2D eigenvalue weighted by molar-refractivity contribution is 6.18. The van der Waals surface area contributed by atoms with Crippen molar-refractivity contribution in [3.8, 4) is 0 Å². The Labute approximate surface area is 91.9 Å². The number of carbonyl (C=O) groups excluding carboxylic acids is 2. The van der Waals surface area contributed by atoms with E-state index in [1.54, 1.807) is 0 Å². The van der Waals surface area contributed by atoms with Crippen LogP contribution in [0.4, 0.5) is 11.4 Å². The van der Waals surface area contributed by atoms with Crippen molar-refractivity contribution < 1.29 is 24.2 Å². The third kappa shape index (κ3) is 1.40. The minimum Gasteiger partial charge on any atom is -0.385 e. The van der Waals surface area contributed by atoms with Gasteiger partial charge in [0.1, 0.15) is 0 Å². The summed E-state index contributed by atoms with van der Waals surface area (Å²) >= 11 is 0. The van der Waals surface area contributed by atoms with Gasteiger partial charge in [0.25, 0.3) is 11.4 Å². The number of nitro benzene ring substituents is 2. The van der Waals surface area contributed by atoms with Crippen molar-refractivity contribution in [2.75, 3.05) is 0 Å². The Bertz CT molecular complexity index is 541. The number of carbonyl (C=O) groups is 2. The number of nitrogens with zero attached hydrogens (tertiary/aromatic N) is 2. The highest BCUT2D eigenvalue weighted by atomic mass is 16.6. The second-order valence-corrected chi connectivity index (χ2v) is 3.05. The maximum atomic E-state index is 11.2. The summed E-state index contributed by atoms with van der Waals surface area (Å²) in [6.07, 6.45) is 0. The van der Waals surface area contributed by atoms with Crippen LogP contribution in [0.1, 0.15) is 20.7 Å². The first kappa shape index (κ1) is 10.7. The van der Waals surface area contributed by atoms with Gasteiger partial charge < -0.3 is 4.74 Å². The summed E-state index contributed by atoms with van der Waals surface area (Å²) in [5.41, 5.74) is -2.73. The highest BCUT2D eigenvalue weighted by Crippen LogP contribution is 2.35. The van der Waals surface area contributed by atoms with E-state index in [2.05, 4.69) is 4.74 Å². The van der Waals surface area contributed by atoms with Crippen LogP contribution in [-0.4, -0.2) is 21.8 Å². The van der Waals surface area contributed by atoms with Crippen molar-refractivity contribution in [1.29, 1.82) is 0 Å². The van der Waals surface area contributed by atoms with E-state index in [1.807, 2.05) is 0 Å². The molecule has 9 heteroatoms. The summed E-state index contributed by atoms with van der Waals surface area (Å²) in [7, 11) is 0. The van der Waals surface area contributed by atoms with Crippen molar-refractivity contribution in [3.05, 3.63) is 43.5 Å². The molecule has 86 valence electrons. The Kier molecular flexibility index (Phi) is 2.09. The monoisotopic (exact) mass is 238 g/mol. The second-order valence-electron chi connectivity index (χ2n) is 3.05. The van der Waals surface area contributed by atoms with Gasteiger partial charge in [0, 0.05) is 12.1 Å². The zero-order valence-electron chi connectivity index (χ0n) is 7.91. The number of fused-ring (bicyclic) bond motifs is 1. The lowest BCUT2D eigenvalue weighted by Crippen LogP contribution is -2.03. The van der Waals surface area contributed by atoms with E-state index in [-0.39, 0.29) is 0 Å². The predicted octanol–water partition coefficient (Wildman–Crippen LogP) is 0.814. The van der Waals surface area contributed by atoms with Gasteiger partial charge in [-0.1, -0.05) is 0 Å². The van der Waals surface area contributed by atoms with Gasteiger partial charge in [0.15, 0.2) is 11.1 Å². The predicted molar refractivity (Wildman–Crippen MR) is 49.5 cm³/mol. The molecule has 0 unspecified atom stereocenters. The van der Waals surface area contributed by atoms with Crippen LogP contribution in [0.3, 0.4) is 0 Å². The lowest BCUT2D eigenvalue weighted by Gasteiger charge is -1.97. The molecular formula is C8H2N2O7. The van der Waals surface area contributed by atoms with Crippen LogP contribution in [0.2, 0.25) is 0 Å². The second kappa shape index (κ2) is 3.33. The fourth-order valence-electron chi connectivity index (χ4n) is 1.48. The van der Waals surface area contributed by atoms with Gasteiger partial charge in [-0.3, -0.25) is 20.2 Å². The molecule has 0 radical (unpaired) electrons. The maximum Gasteiger partial charge on any atom is 0.354 e. The van der Waals surface area contributed by atoms with E-state index >= 15 is 0 Å². The SMILES string of the molecule is O=C1OC(=O)c2c([N+](=O)[O-])ccc([N+](=O)[O-])c21. The average Bonchev–Trinajstić information content (AvgIpc) is 2.54. The summed E-state index contributed by atoms with van der Waals surface area (Å²) in [4.78, 5) is 41.8. The molecule has 0 spiro atoms. The van der Waals surface area contributed by atoms with Gasteiger partial charge in [-0.2, -0.15) is 0 Å². The van der Waals surface area contributed by atoms with Crippen LogP contribution in [0, 0.1) is 20.2 Å². The molecule has 1 aliphatic rings. The Hall–Kier alpha value is -2.84. The molecule has 1 aliphatic heterocycles. The third-order valence-electron chi connectivity index (χ3n) is 2.15. The van der Waals surface area contributed by atoms with Crippen LogP contribution >= 0.6 is 0 Å². The van der Waals surface area contributed by atoms with E-state index in [9.17, 15) is 29.8 Å². The van der Waals surface area contributed by atoms with Crippen molar-refractivity contribution in [1.82, 2.24) is 0 Å². The van der Waals surface area contributed by atoms with Gasteiger partial charge in [-0.05, 0) is 0 Å². The first-order chi connectivity index (χ1) is 7.93. The van der Waals surface area contributed by atoms with Gasteiger partial charge in [-0.15, -0.1) is 0 Å². The van der Waals surface area contributed by atoms with E-state index in [0.29, 0.717) is 0 Å². The number of hydrogen-bond acceptors (Lipinski definition) is 7. The molecule has 0 bridgehead atoms. The number of esters is 2. The summed E-state index contributed by atoms with van der Waals surface area (Å²) in [5.74, 6) is -2.50. The topological polar surface area (TPSA) is 130 Å². The first-order valence-corrected chi connectivity index (χ1v) is 4.15. The van der Waals surface area contributed by atoms with E-state index in [1.165, 1.54) is 0 Å². The molecule has 1 aromatic rings. The van der Waals surface area contributed by atoms with E-state index in [0.717, 1.165) is 12.1 Å². The summed E-state index contributed by atoms with van der Waals surface area (Å²) in [6.45, 7) is 0. The summed E-state index contributed by atoms with van der Waals surface area (Å²) in [6, 6.07) is 1.58. The number of nitro groups is 2. The van der Waals surface area contributed by atoms with Crippen LogP contribution < -0.4 is 0 Å². The normalized spacial score (nSPS) is 13.2. The molecule has 0 amide bonds. The molecule has 0 aromatic heterocycles. The number of rotatable bonds is 2. The molecule has 0 atom stereocenters. The number of cyclic esters (lactones) is 2. The Morgan fingerprint density at radius 3 is 1.53 bits per heavy atom. The highest BCUT2D eigenvalue weighted by Gasteiger charge is 2.43. The van der Waals surface area contributed by atoms with Crippen LogP contribution in [0.5, 0.6) is 0 Å². The summed E-state index contributed by atoms with van der Waals surface area (Å²) in [5, 5.41) is 21.2. The molecule has 0 aliphatic carbocycles. The molecular weight excluding hydrogens is 236 g/mol. The molecule has 9 nitrogen and oxygen atoms in total. The van der Waals surface area contributed by atoms with Crippen molar-refractivity contribution in [2.24, 2.45) is 0 Å². The number of ether oxygens (including phenoxy) is 1. The van der Waals surface area contributed by atoms with Crippen LogP contribution in [0.15, 0.2) is 12.1 Å². The Balaban J connectivity index is 2.84. The zero-order valence-corrected chi connectivity index (χ0v) is 7.91. The maximum absolute atomic E-state index is 11.2. The molecule has 0 N–H and O–H groups in total. The minimum atomic E-state index is -1.25. The Morgan fingerprint density at radius 1 is 0.882 bits per heavy atom. The van der Waals surface area contributed by atoms with Gasteiger partial charge >= 0.3 is 11.9 Å². The zero-order chi connectivity index (χ0) is 12.7.